The lowest BCUT2D eigenvalue weighted by molar-refractivity contribution is 0.0502. The van der Waals surface area contributed by atoms with Crippen molar-refractivity contribution in [2.75, 3.05) is 19.7 Å². The van der Waals surface area contributed by atoms with E-state index < -0.39 is 5.60 Å². The lowest BCUT2D eigenvalue weighted by Crippen LogP contribution is -2.46. The number of nitrogens with one attached hydrogen (secondary N) is 2. The standard InChI is InChI=1S/C17H34N2O3/c1-6-21-13(2)11-18-15-10-8-7-9-14(15)12-19-16(20)22-17(3,4)5/h13-15,18H,6-12H2,1-5H3,(H,19,20). The molecule has 2 N–H and O–H groups in total. The molecule has 3 atom stereocenters. The van der Waals surface area contributed by atoms with E-state index in [1.54, 1.807) is 0 Å². The molecule has 5 nitrogen and oxygen atoms in total. The summed E-state index contributed by atoms with van der Waals surface area (Å²) < 4.78 is 10.9. The fourth-order valence-electron chi connectivity index (χ4n) is 2.91. The van der Waals surface area contributed by atoms with Gasteiger partial charge in [0.1, 0.15) is 5.60 Å². The quantitative estimate of drug-likeness (QED) is 0.758. The molecule has 1 fully saturated rings. The lowest BCUT2D eigenvalue weighted by atomic mass is 9.84. The van der Waals surface area contributed by atoms with Crippen LogP contribution in [0.5, 0.6) is 0 Å². The van der Waals surface area contributed by atoms with Gasteiger partial charge in [-0.15, -0.1) is 0 Å². The van der Waals surface area contributed by atoms with Gasteiger partial charge in [0.25, 0.3) is 0 Å². The molecule has 0 aromatic heterocycles. The Bertz CT molecular complexity index is 328. The first kappa shape index (κ1) is 19.2. The summed E-state index contributed by atoms with van der Waals surface area (Å²) in [5, 5.41) is 6.53. The summed E-state index contributed by atoms with van der Waals surface area (Å²) in [6.45, 7) is 12.0. The van der Waals surface area contributed by atoms with Crippen molar-refractivity contribution < 1.29 is 14.3 Å². The molecule has 1 amide bonds. The van der Waals surface area contributed by atoms with Gasteiger partial charge in [-0.05, 0) is 53.4 Å². The number of hydrogen-bond acceptors (Lipinski definition) is 4. The fraction of sp³-hybridized carbons (Fsp3) is 0.941. The molecule has 0 radical (unpaired) electrons. The minimum absolute atomic E-state index is 0.228. The second-order valence-corrected chi connectivity index (χ2v) is 7.21. The number of carbonyl (C=O) groups excluding carboxylic acids is 1. The summed E-state index contributed by atoms with van der Waals surface area (Å²) in [5.74, 6) is 0.468. The highest BCUT2D eigenvalue weighted by Gasteiger charge is 2.26. The second kappa shape index (κ2) is 9.36. The first-order valence-corrected chi connectivity index (χ1v) is 8.63. The van der Waals surface area contributed by atoms with Crippen LogP contribution in [0.25, 0.3) is 0 Å². The third kappa shape index (κ3) is 7.99. The first-order chi connectivity index (χ1) is 10.3. The minimum Gasteiger partial charge on any atom is -0.444 e. The predicted octanol–water partition coefficient (Wildman–Crippen LogP) is 3.08. The molecule has 1 aliphatic rings. The monoisotopic (exact) mass is 314 g/mol. The van der Waals surface area contributed by atoms with Crippen LogP contribution in [0.4, 0.5) is 4.79 Å². The van der Waals surface area contributed by atoms with Gasteiger partial charge in [-0.2, -0.15) is 0 Å². The van der Waals surface area contributed by atoms with E-state index in [0.29, 0.717) is 18.5 Å². The molecule has 1 rings (SSSR count). The van der Waals surface area contributed by atoms with Crippen molar-refractivity contribution in [1.29, 1.82) is 0 Å². The Labute approximate surface area is 135 Å². The van der Waals surface area contributed by atoms with E-state index in [1.165, 1.54) is 19.3 Å². The van der Waals surface area contributed by atoms with Crippen LogP contribution in [-0.2, 0) is 9.47 Å². The van der Waals surface area contributed by atoms with Crippen molar-refractivity contribution in [3.05, 3.63) is 0 Å². The van der Waals surface area contributed by atoms with Gasteiger partial charge in [0.05, 0.1) is 6.10 Å². The van der Waals surface area contributed by atoms with Gasteiger partial charge in [-0.3, -0.25) is 0 Å². The molecule has 22 heavy (non-hydrogen) atoms. The van der Waals surface area contributed by atoms with E-state index in [2.05, 4.69) is 17.6 Å². The summed E-state index contributed by atoms with van der Waals surface area (Å²) in [6, 6.07) is 0.451. The minimum atomic E-state index is -0.443. The Morgan fingerprint density at radius 2 is 1.95 bits per heavy atom. The number of amides is 1. The van der Waals surface area contributed by atoms with Crippen LogP contribution >= 0.6 is 0 Å². The molecule has 0 heterocycles. The van der Waals surface area contributed by atoms with Crippen molar-refractivity contribution in [1.82, 2.24) is 10.6 Å². The lowest BCUT2D eigenvalue weighted by Gasteiger charge is -2.33. The highest BCUT2D eigenvalue weighted by molar-refractivity contribution is 5.67. The summed E-state index contributed by atoms with van der Waals surface area (Å²) in [6.07, 6.45) is 4.71. The largest absolute Gasteiger partial charge is 0.444 e. The Morgan fingerprint density at radius 3 is 2.59 bits per heavy atom. The zero-order chi connectivity index (χ0) is 16.6. The predicted molar refractivity (Wildman–Crippen MR) is 89.1 cm³/mol. The zero-order valence-electron chi connectivity index (χ0n) is 14.9. The van der Waals surface area contributed by atoms with Gasteiger partial charge in [0, 0.05) is 25.7 Å². The molecular formula is C17H34N2O3. The third-order valence-electron chi connectivity index (χ3n) is 3.94. The molecule has 3 unspecified atom stereocenters. The highest BCUT2D eigenvalue weighted by atomic mass is 16.6. The maximum atomic E-state index is 11.8. The van der Waals surface area contributed by atoms with E-state index in [-0.39, 0.29) is 12.2 Å². The van der Waals surface area contributed by atoms with Crippen LogP contribution < -0.4 is 10.6 Å². The molecule has 0 bridgehead atoms. The molecule has 0 aromatic carbocycles. The van der Waals surface area contributed by atoms with Crippen molar-refractivity contribution >= 4 is 6.09 Å². The van der Waals surface area contributed by atoms with Crippen molar-refractivity contribution in [3.8, 4) is 0 Å². The number of ether oxygens (including phenoxy) is 2. The van der Waals surface area contributed by atoms with Gasteiger partial charge >= 0.3 is 6.09 Å². The van der Waals surface area contributed by atoms with Crippen molar-refractivity contribution in [2.24, 2.45) is 5.92 Å². The number of hydrogen-bond donors (Lipinski definition) is 2. The molecule has 0 aromatic rings. The Morgan fingerprint density at radius 1 is 1.27 bits per heavy atom. The van der Waals surface area contributed by atoms with Crippen LogP contribution in [-0.4, -0.2) is 43.5 Å². The maximum absolute atomic E-state index is 11.8. The van der Waals surface area contributed by atoms with Gasteiger partial charge < -0.3 is 20.1 Å². The average molecular weight is 314 g/mol. The van der Waals surface area contributed by atoms with E-state index in [0.717, 1.165) is 19.6 Å². The van der Waals surface area contributed by atoms with Crippen LogP contribution in [0.2, 0.25) is 0 Å². The van der Waals surface area contributed by atoms with E-state index in [1.807, 2.05) is 27.7 Å². The van der Waals surface area contributed by atoms with Crippen molar-refractivity contribution in [2.45, 2.75) is 78.0 Å². The van der Waals surface area contributed by atoms with Gasteiger partial charge in [0.15, 0.2) is 0 Å². The summed E-state index contributed by atoms with van der Waals surface area (Å²) in [4.78, 5) is 11.8. The van der Waals surface area contributed by atoms with E-state index >= 15 is 0 Å². The molecule has 1 saturated carbocycles. The Hall–Kier alpha value is -0.810. The smallest absolute Gasteiger partial charge is 0.407 e. The van der Waals surface area contributed by atoms with E-state index in [9.17, 15) is 4.79 Å². The van der Waals surface area contributed by atoms with Crippen LogP contribution in [0.1, 0.15) is 60.3 Å². The maximum Gasteiger partial charge on any atom is 0.407 e. The zero-order valence-corrected chi connectivity index (χ0v) is 14.9. The topological polar surface area (TPSA) is 59.6 Å². The second-order valence-electron chi connectivity index (χ2n) is 7.21. The van der Waals surface area contributed by atoms with Gasteiger partial charge in [-0.25, -0.2) is 4.79 Å². The number of carbonyl (C=O) groups is 1. The molecule has 0 aliphatic heterocycles. The normalized spacial score (nSPS) is 23.9. The van der Waals surface area contributed by atoms with Crippen molar-refractivity contribution in [3.63, 3.8) is 0 Å². The molecule has 0 saturated heterocycles. The number of rotatable bonds is 7. The summed E-state index contributed by atoms with van der Waals surface area (Å²) in [7, 11) is 0. The summed E-state index contributed by atoms with van der Waals surface area (Å²) in [5.41, 5.74) is -0.443. The SMILES string of the molecule is CCOC(C)CNC1CCCCC1CNC(=O)OC(C)(C)C. The molecular weight excluding hydrogens is 280 g/mol. The van der Waals surface area contributed by atoms with Crippen LogP contribution in [0.15, 0.2) is 0 Å². The Kier molecular flexibility index (Phi) is 8.18. The summed E-state index contributed by atoms with van der Waals surface area (Å²) >= 11 is 0. The highest BCUT2D eigenvalue weighted by Crippen LogP contribution is 2.24. The first-order valence-electron chi connectivity index (χ1n) is 8.63. The molecule has 0 spiro atoms. The Balaban J connectivity index is 2.36. The van der Waals surface area contributed by atoms with Gasteiger partial charge in [-0.1, -0.05) is 12.8 Å². The van der Waals surface area contributed by atoms with Gasteiger partial charge in [0.2, 0.25) is 0 Å². The molecule has 5 heteroatoms. The molecule has 130 valence electrons. The van der Waals surface area contributed by atoms with E-state index in [4.69, 9.17) is 9.47 Å². The number of alkyl carbamates (subject to hydrolysis) is 1. The fourth-order valence-corrected chi connectivity index (χ4v) is 2.91. The third-order valence-corrected chi connectivity index (χ3v) is 3.94. The van der Waals surface area contributed by atoms with Crippen LogP contribution in [0.3, 0.4) is 0 Å². The molecule has 1 aliphatic carbocycles. The average Bonchev–Trinajstić information content (AvgIpc) is 2.42. The van der Waals surface area contributed by atoms with Crippen LogP contribution in [0, 0.1) is 5.92 Å².